The zero-order valence-corrected chi connectivity index (χ0v) is 11.6. The van der Waals surface area contributed by atoms with Crippen molar-refractivity contribution in [3.05, 3.63) is 76.8 Å². The summed E-state index contributed by atoms with van der Waals surface area (Å²) >= 11 is 5.77. The van der Waals surface area contributed by atoms with Crippen molar-refractivity contribution in [3.8, 4) is 0 Å². The van der Waals surface area contributed by atoms with Gasteiger partial charge in [-0.2, -0.15) is 0 Å². The normalized spacial score (nSPS) is 12.5. The molecule has 0 aliphatic heterocycles. The summed E-state index contributed by atoms with van der Waals surface area (Å²) in [5.41, 5.74) is 1.55. The van der Waals surface area contributed by atoms with Crippen LogP contribution in [0.1, 0.15) is 22.3 Å². The molecule has 2 nitrogen and oxygen atoms in total. The first kappa shape index (κ1) is 14.5. The van der Waals surface area contributed by atoms with Gasteiger partial charge in [-0.3, -0.25) is 4.79 Å². The van der Waals surface area contributed by atoms with Crippen molar-refractivity contribution in [2.75, 3.05) is 0 Å². The number of benzene rings is 2. The number of ketones is 1. The quantitative estimate of drug-likeness (QED) is 0.844. The summed E-state index contributed by atoms with van der Waals surface area (Å²) in [7, 11) is 0. The van der Waals surface area contributed by atoms with Crippen molar-refractivity contribution < 1.29 is 9.90 Å². The summed E-state index contributed by atoms with van der Waals surface area (Å²) in [4.78, 5) is 11.9. The Balaban J connectivity index is 1.94. The van der Waals surface area contributed by atoms with Gasteiger partial charge in [0.25, 0.3) is 0 Å². The van der Waals surface area contributed by atoms with Gasteiger partial charge in [-0.1, -0.05) is 54.1 Å². The molecule has 1 N–H and O–H groups in total. The lowest BCUT2D eigenvalue weighted by Crippen LogP contribution is -2.10. The molecular formula is C17H15ClO2. The van der Waals surface area contributed by atoms with Gasteiger partial charge in [-0.05, 0) is 29.8 Å². The van der Waals surface area contributed by atoms with Crippen LogP contribution in [-0.4, -0.2) is 17.0 Å². The average molecular weight is 287 g/mol. The molecular weight excluding hydrogens is 272 g/mol. The highest BCUT2D eigenvalue weighted by molar-refractivity contribution is 6.30. The van der Waals surface area contributed by atoms with Gasteiger partial charge in [0.1, 0.15) is 0 Å². The van der Waals surface area contributed by atoms with Crippen LogP contribution in [0.5, 0.6) is 0 Å². The highest BCUT2D eigenvalue weighted by Gasteiger charge is 2.10. The molecule has 0 radical (unpaired) electrons. The Labute approximate surface area is 123 Å². The summed E-state index contributed by atoms with van der Waals surface area (Å²) in [6.45, 7) is 0. The van der Waals surface area contributed by atoms with Crippen molar-refractivity contribution in [1.29, 1.82) is 0 Å². The smallest absolute Gasteiger partial charge is 0.165 e. The van der Waals surface area contributed by atoms with E-state index < -0.39 is 6.10 Å². The molecule has 0 fully saturated rings. The van der Waals surface area contributed by atoms with Crippen LogP contribution in [0.25, 0.3) is 6.08 Å². The van der Waals surface area contributed by atoms with E-state index >= 15 is 0 Å². The van der Waals surface area contributed by atoms with E-state index in [1.807, 2.05) is 30.3 Å². The zero-order valence-electron chi connectivity index (χ0n) is 10.9. The van der Waals surface area contributed by atoms with Crippen LogP contribution in [0.3, 0.4) is 0 Å². The first-order valence-corrected chi connectivity index (χ1v) is 6.73. The Bertz CT molecular complexity index is 588. The highest BCUT2D eigenvalue weighted by Crippen LogP contribution is 2.12. The van der Waals surface area contributed by atoms with Gasteiger partial charge in [-0.15, -0.1) is 0 Å². The van der Waals surface area contributed by atoms with Crippen molar-refractivity contribution in [1.82, 2.24) is 0 Å². The molecule has 0 amide bonds. The molecule has 2 aromatic carbocycles. The maximum absolute atomic E-state index is 11.9. The second-order valence-corrected chi connectivity index (χ2v) is 4.91. The van der Waals surface area contributed by atoms with E-state index in [0.29, 0.717) is 10.6 Å². The van der Waals surface area contributed by atoms with Crippen LogP contribution < -0.4 is 0 Å². The van der Waals surface area contributed by atoms with Gasteiger partial charge >= 0.3 is 0 Å². The fourth-order valence-corrected chi connectivity index (χ4v) is 1.92. The van der Waals surface area contributed by atoms with Crippen LogP contribution in [0.2, 0.25) is 5.02 Å². The number of aliphatic hydroxyl groups excluding tert-OH is 1. The lowest BCUT2D eigenvalue weighted by Gasteiger charge is -2.05. The topological polar surface area (TPSA) is 37.3 Å². The maximum atomic E-state index is 11.9. The van der Waals surface area contributed by atoms with Gasteiger partial charge in [-0.25, -0.2) is 0 Å². The van der Waals surface area contributed by atoms with Crippen LogP contribution >= 0.6 is 11.6 Å². The molecule has 0 spiro atoms. The first-order valence-electron chi connectivity index (χ1n) is 6.35. The van der Waals surface area contributed by atoms with Gasteiger partial charge in [0.15, 0.2) is 5.78 Å². The number of carbonyl (C=O) groups is 1. The Morgan fingerprint density at radius 3 is 2.40 bits per heavy atom. The third kappa shape index (κ3) is 4.34. The minimum atomic E-state index is -0.793. The van der Waals surface area contributed by atoms with E-state index in [0.717, 1.165) is 5.56 Å². The van der Waals surface area contributed by atoms with Crippen LogP contribution in [-0.2, 0) is 0 Å². The van der Waals surface area contributed by atoms with Crippen molar-refractivity contribution >= 4 is 23.5 Å². The summed E-state index contributed by atoms with van der Waals surface area (Å²) in [5, 5.41) is 10.5. The van der Waals surface area contributed by atoms with Crippen LogP contribution in [0.15, 0.2) is 60.7 Å². The number of carbonyl (C=O) groups excluding carboxylic acids is 1. The Morgan fingerprint density at radius 2 is 1.75 bits per heavy atom. The molecule has 0 aliphatic carbocycles. The number of rotatable bonds is 5. The maximum Gasteiger partial charge on any atom is 0.165 e. The number of halogens is 1. The first-order chi connectivity index (χ1) is 9.65. The highest BCUT2D eigenvalue weighted by atomic mass is 35.5. The molecule has 0 aromatic heterocycles. The Kier molecular flexibility index (Phi) is 5.10. The molecule has 0 saturated heterocycles. The fraction of sp³-hybridized carbons (Fsp3) is 0.118. The largest absolute Gasteiger partial charge is 0.389 e. The van der Waals surface area contributed by atoms with E-state index in [9.17, 15) is 9.90 Å². The fourth-order valence-electron chi connectivity index (χ4n) is 1.80. The third-order valence-corrected chi connectivity index (χ3v) is 3.12. The van der Waals surface area contributed by atoms with Gasteiger partial charge in [0, 0.05) is 17.0 Å². The van der Waals surface area contributed by atoms with E-state index in [2.05, 4.69) is 0 Å². The molecule has 20 heavy (non-hydrogen) atoms. The van der Waals surface area contributed by atoms with E-state index in [4.69, 9.17) is 11.6 Å². The van der Waals surface area contributed by atoms with Crippen LogP contribution in [0.4, 0.5) is 0 Å². The van der Waals surface area contributed by atoms with Gasteiger partial charge in [0.2, 0.25) is 0 Å². The molecule has 0 heterocycles. The summed E-state index contributed by atoms with van der Waals surface area (Å²) < 4.78 is 0. The molecule has 0 saturated carbocycles. The van der Waals surface area contributed by atoms with Crippen LogP contribution in [0, 0.1) is 0 Å². The molecule has 3 heteroatoms. The number of hydrogen-bond acceptors (Lipinski definition) is 2. The predicted molar refractivity (Wildman–Crippen MR) is 81.9 cm³/mol. The molecule has 2 aromatic rings. The molecule has 2 rings (SSSR count). The predicted octanol–water partition coefficient (Wildman–Crippen LogP) is 3.99. The molecule has 1 atom stereocenters. The van der Waals surface area contributed by atoms with Gasteiger partial charge < -0.3 is 5.11 Å². The lowest BCUT2D eigenvalue weighted by atomic mass is 10.0. The van der Waals surface area contributed by atoms with Crippen molar-refractivity contribution in [2.45, 2.75) is 12.5 Å². The minimum absolute atomic E-state index is 0.0605. The van der Waals surface area contributed by atoms with Crippen molar-refractivity contribution in [2.24, 2.45) is 0 Å². The molecule has 0 bridgehead atoms. The van der Waals surface area contributed by atoms with Crippen molar-refractivity contribution in [3.63, 3.8) is 0 Å². The summed E-state index contributed by atoms with van der Waals surface area (Å²) in [5.74, 6) is -0.105. The average Bonchev–Trinajstić information content (AvgIpc) is 2.47. The monoisotopic (exact) mass is 286 g/mol. The number of hydrogen-bond donors (Lipinski definition) is 1. The number of Topliss-reactive ketones (excluding diaryl/α,β-unsaturated/α-hetero) is 1. The van der Waals surface area contributed by atoms with Gasteiger partial charge in [0.05, 0.1) is 6.10 Å². The standard InChI is InChI=1S/C17H15ClO2/c18-15-9-7-14(8-10-15)17(20)12-16(19)11-6-13-4-2-1-3-5-13/h1-11,16,19H,12H2/b11-6+/t16-/m1/s1. The second-order valence-electron chi connectivity index (χ2n) is 4.47. The summed E-state index contributed by atoms with van der Waals surface area (Å²) in [6.07, 6.45) is 2.70. The lowest BCUT2D eigenvalue weighted by molar-refractivity contribution is 0.0923. The Morgan fingerprint density at radius 1 is 1.10 bits per heavy atom. The zero-order chi connectivity index (χ0) is 14.4. The van der Waals surface area contributed by atoms with E-state index in [1.165, 1.54) is 0 Å². The SMILES string of the molecule is O=C(C[C@H](O)/C=C/c1ccccc1)c1ccc(Cl)cc1. The Hall–Kier alpha value is -1.90. The van der Waals surface area contributed by atoms with E-state index in [-0.39, 0.29) is 12.2 Å². The molecule has 102 valence electrons. The molecule has 0 aliphatic rings. The molecule has 0 unspecified atom stereocenters. The van der Waals surface area contributed by atoms with E-state index in [1.54, 1.807) is 36.4 Å². The second kappa shape index (κ2) is 7.04. The number of aliphatic hydroxyl groups is 1. The third-order valence-electron chi connectivity index (χ3n) is 2.87. The summed E-state index contributed by atoms with van der Waals surface area (Å²) in [6, 6.07) is 16.3. The minimum Gasteiger partial charge on any atom is -0.389 e.